The summed E-state index contributed by atoms with van der Waals surface area (Å²) in [7, 11) is -3.67. The van der Waals surface area contributed by atoms with E-state index in [1.165, 1.54) is 12.1 Å². The van der Waals surface area contributed by atoms with Gasteiger partial charge in [0.2, 0.25) is 10.0 Å². The second-order valence-corrected chi connectivity index (χ2v) is 8.83. The summed E-state index contributed by atoms with van der Waals surface area (Å²) in [5, 5.41) is 3.37. The van der Waals surface area contributed by atoms with E-state index in [1.54, 1.807) is 30.3 Å². The van der Waals surface area contributed by atoms with Crippen LogP contribution in [0.4, 0.5) is 0 Å². The minimum absolute atomic E-state index is 0.0742. The lowest BCUT2D eigenvalue weighted by atomic mass is 10.2. The summed E-state index contributed by atoms with van der Waals surface area (Å²) in [5.41, 5.74) is 1.19. The Morgan fingerprint density at radius 1 is 1.14 bits per heavy atom. The Kier molecular flexibility index (Phi) is 8.49. The van der Waals surface area contributed by atoms with Gasteiger partial charge >= 0.3 is 0 Å². The van der Waals surface area contributed by atoms with Gasteiger partial charge in [-0.1, -0.05) is 31.5 Å². The maximum Gasteiger partial charge on any atom is 0.251 e. The summed E-state index contributed by atoms with van der Waals surface area (Å²) in [6.07, 6.45) is 1.39. The Balaban J connectivity index is 1.95. The summed E-state index contributed by atoms with van der Waals surface area (Å²) in [6, 6.07) is 11.2. The molecule has 6 nitrogen and oxygen atoms in total. The quantitative estimate of drug-likeness (QED) is 0.550. The Morgan fingerprint density at radius 3 is 2.52 bits per heavy atom. The van der Waals surface area contributed by atoms with Gasteiger partial charge in [0.25, 0.3) is 5.91 Å². The van der Waals surface area contributed by atoms with Gasteiger partial charge in [0, 0.05) is 16.6 Å². The molecule has 0 bridgehead atoms. The minimum atomic E-state index is -3.67. The molecule has 0 unspecified atom stereocenters. The summed E-state index contributed by atoms with van der Waals surface area (Å²) in [5.74, 6) is 0.338. The molecule has 0 aromatic heterocycles. The highest BCUT2D eigenvalue weighted by Gasteiger charge is 2.19. The molecule has 0 aliphatic rings. The van der Waals surface area contributed by atoms with Crippen molar-refractivity contribution in [2.45, 2.75) is 44.6 Å². The number of sulfonamides is 1. The number of ether oxygens (including phenoxy) is 1. The number of carbonyl (C=O) groups excluding carboxylic acids is 1. The minimum Gasteiger partial charge on any atom is -0.491 e. The smallest absolute Gasteiger partial charge is 0.251 e. The highest BCUT2D eigenvalue weighted by Crippen LogP contribution is 2.21. The molecule has 158 valence electrons. The van der Waals surface area contributed by atoms with Gasteiger partial charge in [-0.05, 0) is 61.7 Å². The first kappa shape index (κ1) is 23.2. The zero-order valence-electron chi connectivity index (χ0n) is 16.9. The fourth-order valence-electron chi connectivity index (χ4n) is 2.75. The number of carbonyl (C=O) groups is 1. The van der Waals surface area contributed by atoms with E-state index < -0.39 is 10.0 Å². The Morgan fingerprint density at radius 2 is 1.86 bits per heavy atom. The van der Waals surface area contributed by atoms with Crippen molar-refractivity contribution in [3.63, 3.8) is 0 Å². The zero-order valence-corrected chi connectivity index (χ0v) is 18.4. The summed E-state index contributed by atoms with van der Waals surface area (Å²) < 4.78 is 33.4. The van der Waals surface area contributed by atoms with Gasteiger partial charge in [-0.25, -0.2) is 13.1 Å². The summed E-state index contributed by atoms with van der Waals surface area (Å²) >= 11 is 5.92. The number of nitrogens with one attached hydrogen (secondary N) is 2. The van der Waals surface area contributed by atoms with Crippen LogP contribution >= 0.6 is 11.6 Å². The van der Waals surface area contributed by atoms with E-state index in [4.69, 9.17) is 16.3 Å². The van der Waals surface area contributed by atoms with Crippen molar-refractivity contribution in [3.05, 3.63) is 58.6 Å². The third-order valence-corrected chi connectivity index (χ3v) is 6.25. The standard InChI is InChI=1S/C21H27ClN2O4S/c1-4-18(5-2)24-29(26,27)19-8-6-7-16(14-19)21(25)23-11-12-28-20-10-9-17(22)13-15(20)3/h6-10,13-14,18,24H,4-5,11-12H2,1-3H3,(H,23,25). The van der Waals surface area contributed by atoms with Crippen LogP contribution in [0.2, 0.25) is 5.02 Å². The van der Waals surface area contributed by atoms with E-state index in [9.17, 15) is 13.2 Å². The van der Waals surface area contributed by atoms with Gasteiger partial charge in [-0.15, -0.1) is 0 Å². The van der Waals surface area contributed by atoms with Crippen molar-refractivity contribution < 1.29 is 17.9 Å². The van der Waals surface area contributed by atoms with Crippen LogP contribution in [0.5, 0.6) is 5.75 Å². The second kappa shape index (κ2) is 10.6. The zero-order chi connectivity index (χ0) is 21.4. The average Bonchev–Trinajstić information content (AvgIpc) is 2.70. The number of halogens is 1. The molecule has 8 heteroatoms. The number of hydrogen-bond acceptors (Lipinski definition) is 4. The molecule has 2 aromatic rings. The molecule has 0 saturated carbocycles. The fourth-order valence-corrected chi connectivity index (χ4v) is 4.42. The van der Waals surface area contributed by atoms with Crippen LogP contribution in [0, 0.1) is 6.92 Å². The number of benzene rings is 2. The Hall–Kier alpha value is -2.09. The third kappa shape index (κ3) is 6.73. The van der Waals surface area contributed by atoms with Crippen LogP contribution in [0.3, 0.4) is 0 Å². The van der Waals surface area contributed by atoms with E-state index in [0.29, 0.717) is 23.6 Å². The number of aryl methyl sites for hydroxylation is 1. The predicted octanol–water partition coefficient (Wildman–Crippen LogP) is 3.92. The normalized spacial score (nSPS) is 11.5. The second-order valence-electron chi connectivity index (χ2n) is 6.68. The molecular weight excluding hydrogens is 412 g/mol. The molecule has 0 fully saturated rings. The summed E-state index contributed by atoms with van der Waals surface area (Å²) in [4.78, 5) is 12.5. The highest BCUT2D eigenvalue weighted by molar-refractivity contribution is 7.89. The number of rotatable bonds is 10. The molecule has 0 spiro atoms. The molecule has 0 atom stereocenters. The van der Waals surface area contributed by atoms with Crippen molar-refractivity contribution in [2.75, 3.05) is 13.2 Å². The molecule has 2 aromatic carbocycles. The molecular formula is C21H27ClN2O4S. The van der Waals surface area contributed by atoms with Crippen LogP contribution in [-0.4, -0.2) is 33.5 Å². The van der Waals surface area contributed by atoms with Gasteiger partial charge in [-0.3, -0.25) is 4.79 Å². The summed E-state index contributed by atoms with van der Waals surface area (Å²) in [6.45, 7) is 6.30. The van der Waals surface area contributed by atoms with Crippen LogP contribution in [0.25, 0.3) is 0 Å². The Labute approximate surface area is 177 Å². The molecule has 0 saturated heterocycles. The molecule has 0 aliphatic heterocycles. The van der Waals surface area contributed by atoms with Gasteiger partial charge in [0.15, 0.2) is 0 Å². The van der Waals surface area contributed by atoms with E-state index in [2.05, 4.69) is 10.0 Å². The van der Waals surface area contributed by atoms with Crippen molar-refractivity contribution in [1.82, 2.24) is 10.0 Å². The van der Waals surface area contributed by atoms with Crippen molar-refractivity contribution in [3.8, 4) is 5.75 Å². The van der Waals surface area contributed by atoms with Gasteiger partial charge in [-0.2, -0.15) is 0 Å². The molecule has 1 amide bonds. The maximum absolute atomic E-state index is 12.5. The molecule has 0 aliphatic carbocycles. The third-order valence-electron chi connectivity index (χ3n) is 4.50. The van der Waals surface area contributed by atoms with Crippen LogP contribution < -0.4 is 14.8 Å². The van der Waals surface area contributed by atoms with Crippen molar-refractivity contribution in [2.24, 2.45) is 0 Å². The molecule has 2 N–H and O–H groups in total. The first-order chi connectivity index (χ1) is 13.8. The lowest BCUT2D eigenvalue weighted by molar-refractivity contribution is 0.0946. The molecule has 29 heavy (non-hydrogen) atoms. The Bertz CT molecular complexity index is 943. The number of amides is 1. The first-order valence-corrected chi connectivity index (χ1v) is 11.4. The SMILES string of the molecule is CCC(CC)NS(=O)(=O)c1cccc(C(=O)NCCOc2ccc(Cl)cc2C)c1. The van der Waals surface area contributed by atoms with E-state index in [0.717, 1.165) is 5.56 Å². The molecule has 0 heterocycles. The average molecular weight is 439 g/mol. The van der Waals surface area contributed by atoms with Gasteiger partial charge < -0.3 is 10.1 Å². The van der Waals surface area contributed by atoms with Gasteiger partial charge in [0.05, 0.1) is 11.4 Å². The van der Waals surface area contributed by atoms with Crippen molar-refractivity contribution >= 4 is 27.5 Å². The van der Waals surface area contributed by atoms with Crippen LogP contribution in [-0.2, 0) is 10.0 Å². The van der Waals surface area contributed by atoms with Crippen LogP contribution in [0.15, 0.2) is 47.4 Å². The van der Waals surface area contributed by atoms with E-state index in [1.807, 2.05) is 20.8 Å². The van der Waals surface area contributed by atoms with Gasteiger partial charge in [0.1, 0.15) is 12.4 Å². The number of hydrogen-bond donors (Lipinski definition) is 2. The van der Waals surface area contributed by atoms with E-state index >= 15 is 0 Å². The molecule has 0 radical (unpaired) electrons. The monoisotopic (exact) mass is 438 g/mol. The van der Waals surface area contributed by atoms with Crippen LogP contribution in [0.1, 0.15) is 42.6 Å². The molecule has 2 rings (SSSR count). The van der Waals surface area contributed by atoms with Crippen molar-refractivity contribution in [1.29, 1.82) is 0 Å². The fraction of sp³-hybridized carbons (Fsp3) is 0.381. The largest absolute Gasteiger partial charge is 0.491 e. The first-order valence-electron chi connectivity index (χ1n) is 9.56. The predicted molar refractivity (Wildman–Crippen MR) is 115 cm³/mol. The highest BCUT2D eigenvalue weighted by atomic mass is 35.5. The van der Waals surface area contributed by atoms with E-state index in [-0.39, 0.29) is 35.6 Å². The lowest BCUT2D eigenvalue weighted by Crippen LogP contribution is -2.34. The topological polar surface area (TPSA) is 84.5 Å². The maximum atomic E-state index is 12.5. The lowest BCUT2D eigenvalue weighted by Gasteiger charge is -2.15.